The van der Waals surface area contributed by atoms with Gasteiger partial charge in [-0.15, -0.1) is 0 Å². The maximum Gasteiger partial charge on any atom is 0.261 e. The Hall–Kier alpha value is -2.80. The van der Waals surface area contributed by atoms with Gasteiger partial charge in [0, 0.05) is 22.5 Å². The third kappa shape index (κ3) is 4.20. The van der Waals surface area contributed by atoms with E-state index < -0.39 is 0 Å². The Labute approximate surface area is 176 Å². The van der Waals surface area contributed by atoms with Crippen LogP contribution in [0, 0.1) is 3.57 Å². The molecule has 0 radical (unpaired) electrons. The summed E-state index contributed by atoms with van der Waals surface area (Å²) >= 11 is 2.22. The molecule has 4 aromatic rings. The molecule has 4 rings (SSSR count). The standard InChI is InChI=1S/C23H18IN3O/c24-19-9-10-21-20(15-19)23(28)27(14-12-17-5-2-1-3-6-17)22(26-21)11-8-18-7-4-13-25-16-18/h1-11,13,15-16H,12,14H2. The number of aromatic nitrogens is 3. The lowest BCUT2D eigenvalue weighted by atomic mass is 10.1. The number of benzene rings is 2. The average molecular weight is 479 g/mol. The fraction of sp³-hybridized carbons (Fsp3) is 0.0870. The van der Waals surface area contributed by atoms with Gasteiger partial charge in [-0.2, -0.15) is 0 Å². The highest BCUT2D eigenvalue weighted by Gasteiger charge is 2.10. The highest BCUT2D eigenvalue weighted by molar-refractivity contribution is 14.1. The molecule has 0 aliphatic carbocycles. The highest BCUT2D eigenvalue weighted by Crippen LogP contribution is 2.15. The molecule has 0 fully saturated rings. The highest BCUT2D eigenvalue weighted by atomic mass is 127. The minimum atomic E-state index is -0.00900. The monoisotopic (exact) mass is 479 g/mol. The molecule has 0 bridgehead atoms. The van der Waals surface area contributed by atoms with Crippen molar-refractivity contribution in [2.45, 2.75) is 13.0 Å². The van der Waals surface area contributed by atoms with Crippen LogP contribution in [-0.2, 0) is 13.0 Å². The van der Waals surface area contributed by atoms with Gasteiger partial charge in [0.15, 0.2) is 0 Å². The zero-order valence-electron chi connectivity index (χ0n) is 15.1. The number of nitrogens with zero attached hydrogens (tertiary/aromatic N) is 3. The Bertz CT molecular complexity index is 1190. The molecule has 0 N–H and O–H groups in total. The molecule has 28 heavy (non-hydrogen) atoms. The van der Waals surface area contributed by atoms with Crippen LogP contribution in [0.1, 0.15) is 17.0 Å². The van der Waals surface area contributed by atoms with Gasteiger partial charge < -0.3 is 0 Å². The molecule has 0 aliphatic heterocycles. The molecule has 0 atom stereocenters. The second-order valence-electron chi connectivity index (χ2n) is 6.44. The summed E-state index contributed by atoms with van der Waals surface area (Å²) < 4.78 is 2.79. The summed E-state index contributed by atoms with van der Waals surface area (Å²) in [4.78, 5) is 22.1. The molecule has 0 aliphatic rings. The van der Waals surface area contributed by atoms with E-state index in [1.54, 1.807) is 17.0 Å². The molecule has 0 spiro atoms. The summed E-state index contributed by atoms with van der Waals surface area (Å²) in [6.07, 6.45) is 8.12. The van der Waals surface area contributed by atoms with Gasteiger partial charge in [-0.25, -0.2) is 4.98 Å². The number of hydrogen-bond donors (Lipinski definition) is 0. The Morgan fingerprint density at radius 2 is 1.86 bits per heavy atom. The molecule has 0 amide bonds. The first kappa shape index (κ1) is 18.6. The van der Waals surface area contributed by atoms with E-state index in [0.717, 1.165) is 15.6 Å². The fourth-order valence-corrected chi connectivity index (χ4v) is 3.58. The first-order valence-electron chi connectivity index (χ1n) is 9.03. The van der Waals surface area contributed by atoms with Gasteiger partial charge in [0.2, 0.25) is 0 Å². The van der Waals surface area contributed by atoms with Gasteiger partial charge in [0.05, 0.1) is 10.9 Å². The zero-order chi connectivity index (χ0) is 19.3. The predicted octanol–water partition coefficient (Wildman–Crippen LogP) is 4.81. The SMILES string of the molecule is O=c1c2cc(I)ccc2nc(C=Cc2cccnc2)n1CCc1ccccc1. The topological polar surface area (TPSA) is 47.8 Å². The van der Waals surface area contributed by atoms with Gasteiger partial charge in [-0.1, -0.05) is 36.4 Å². The van der Waals surface area contributed by atoms with Gasteiger partial charge in [0.1, 0.15) is 5.82 Å². The lowest BCUT2D eigenvalue weighted by Crippen LogP contribution is -2.25. The van der Waals surface area contributed by atoms with Crippen molar-refractivity contribution >= 4 is 45.6 Å². The van der Waals surface area contributed by atoms with Crippen molar-refractivity contribution in [1.29, 1.82) is 0 Å². The second kappa shape index (κ2) is 8.48. The largest absolute Gasteiger partial charge is 0.292 e. The number of hydrogen-bond acceptors (Lipinski definition) is 3. The van der Waals surface area contributed by atoms with Crippen LogP contribution >= 0.6 is 22.6 Å². The van der Waals surface area contributed by atoms with Crippen molar-refractivity contribution in [3.8, 4) is 0 Å². The van der Waals surface area contributed by atoms with Crippen molar-refractivity contribution in [1.82, 2.24) is 14.5 Å². The number of fused-ring (bicyclic) bond motifs is 1. The Kier molecular flexibility index (Phi) is 5.62. The lowest BCUT2D eigenvalue weighted by Gasteiger charge is -2.12. The van der Waals surface area contributed by atoms with Crippen molar-refractivity contribution < 1.29 is 0 Å². The smallest absolute Gasteiger partial charge is 0.261 e. The molecule has 2 heterocycles. The Morgan fingerprint density at radius 1 is 1.00 bits per heavy atom. The lowest BCUT2D eigenvalue weighted by molar-refractivity contribution is 0.655. The molecular weight excluding hydrogens is 461 g/mol. The summed E-state index contributed by atoms with van der Waals surface area (Å²) in [5.41, 5.74) is 2.87. The van der Waals surface area contributed by atoms with Crippen LogP contribution in [-0.4, -0.2) is 14.5 Å². The van der Waals surface area contributed by atoms with Gasteiger partial charge in [0.25, 0.3) is 5.56 Å². The van der Waals surface area contributed by atoms with E-state index in [0.29, 0.717) is 23.3 Å². The third-order valence-corrected chi connectivity index (χ3v) is 5.19. The van der Waals surface area contributed by atoms with Crippen LogP contribution in [0.4, 0.5) is 0 Å². The predicted molar refractivity (Wildman–Crippen MR) is 122 cm³/mol. The molecule has 2 aromatic carbocycles. The number of rotatable bonds is 5. The first-order valence-corrected chi connectivity index (χ1v) is 10.1. The van der Waals surface area contributed by atoms with E-state index in [4.69, 9.17) is 4.98 Å². The van der Waals surface area contributed by atoms with Gasteiger partial charge in [-0.05, 0) is 76.6 Å². The first-order chi connectivity index (χ1) is 13.7. The molecule has 4 nitrogen and oxygen atoms in total. The number of aryl methyl sites for hydroxylation is 1. The van der Waals surface area contributed by atoms with Crippen LogP contribution in [0.5, 0.6) is 0 Å². The Morgan fingerprint density at radius 3 is 2.64 bits per heavy atom. The van der Waals surface area contributed by atoms with Crippen LogP contribution in [0.3, 0.4) is 0 Å². The van der Waals surface area contributed by atoms with Crippen LogP contribution < -0.4 is 5.56 Å². The van der Waals surface area contributed by atoms with Crippen molar-refractivity contribution in [2.24, 2.45) is 0 Å². The molecule has 0 saturated heterocycles. The van der Waals surface area contributed by atoms with Crippen molar-refractivity contribution in [3.63, 3.8) is 0 Å². The number of halogens is 1. The van der Waals surface area contributed by atoms with E-state index in [1.165, 1.54) is 5.56 Å². The maximum absolute atomic E-state index is 13.2. The minimum absolute atomic E-state index is 0.00900. The van der Waals surface area contributed by atoms with Gasteiger partial charge in [-0.3, -0.25) is 14.3 Å². The van der Waals surface area contributed by atoms with Crippen LogP contribution in [0.15, 0.2) is 77.9 Å². The van der Waals surface area contributed by atoms with E-state index in [9.17, 15) is 4.79 Å². The summed E-state index contributed by atoms with van der Waals surface area (Å²) in [5.74, 6) is 0.651. The van der Waals surface area contributed by atoms with Crippen LogP contribution in [0.25, 0.3) is 23.1 Å². The van der Waals surface area contributed by atoms with E-state index in [2.05, 4.69) is 39.7 Å². The third-order valence-electron chi connectivity index (χ3n) is 4.52. The zero-order valence-corrected chi connectivity index (χ0v) is 17.3. The molecule has 0 saturated carbocycles. The molecule has 138 valence electrons. The second-order valence-corrected chi connectivity index (χ2v) is 7.69. The Balaban J connectivity index is 1.78. The van der Waals surface area contributed by atoms with E-state index in [-0.39, 0.29) is 5.56 Å². The summed E-state index contributed by atoms with van der Waals surface area (Å²) in [7, 11) is 0. The van der Waals surface area contributed by atoms with E-state index >= 15 is 0 Å². The van der Waals surface area contributed by atoms with E-state index in [1.807, 2.05) is 60.7 Å². The molecule has 2 aromatic heterocycles. The quantitative estimate of drug-likeness (QED) is 0.386. The van der Waals surface area contributed by atoms with Crippen molar-refractivity contribution in [2.75, 3.05) is 0 Å². The maximum atomic E-state index is 13.2. The summed E-state index contributed by atoms with van der Waals surface area (Å²) in [6.45, 7) is 0.573. The van der Waals surface area contributed by atoms with Crippen molar-refractivity contribution in [3.05, 3.63) is 104 Å². The fourth-order valence-electron chi connectivity index (χ4n) is 3.08. The summed E-state index contributed by atoms with van der Waals surface area (Å²) in [6, 6.07) is 19.8. The average Bonchev–Trinajstić information content (AvgIpc) is 2.74. The normalized spacial score (nSPS) is 11.3. The number of pyridine rings is 1. The van der Waals surface area contributed by atoms with Gasteiger partial charge >= 0.3 is 0 Å². The molecule has 0 unspecified atom stereocenters. The van der Waals surface area contributed by atoms with Crippen LogP contribution in [0.2, 0.25) is 0 Å². The minimum Gasteiger partial charge on any atom is -0.292 e. The molecule has 5 heteroatoms. The molecular formula is C23H18IN3O. The summed E-state index contributed by atoms with van der Waals surface area (Å²) in [5, 5.41) is 0.651.